The van der Waals surface area contributed by atoms with E-state index in [1.54, 1.807) is 10.4 Å². The van der Waals surface area contributed by atoms with Crippen LogP contribution in [-0.4, -0.2) is 45.4 Å². The highest BCUT2D eigenvalue weighted by Crippen LogP contribution is 2.26. The zero-order valence-electron chi connectivity index (χ0n) is 13.4. The lowest BCUT2D eigenvalue weighted by molar-refractivity contribution is -0.903. The van der Waals surface area contributed by atoms with E-state index < -0.39 is 10.0 Å². The van der Waals surface area contributed by atoms with Crippen LogP contribution in [0.3, 0.4) is 0 Å². The first-order chi connectivity index (χ1) is 11.1. The molecule has 2 aliphatic rings. The van der Waals surface area contributed by atoms with Gasteiger partial charge in [0, 0.05) is 12.8 Å². The molecule has 1 N–H and O–H groups in total. The van der Waals surface area contributed by atoms with Gasteiger partial charge < -0.3 is 4.90 Å². The minimum absolute atomic E-state index is 0.450. The van der Waals surface area contributed by atoms with Gasteiger partial charge in [-0.25, -0.2) is 8.42 Å². The van der Waals surface area contributed by atoms with Crippen molar-refractivity contribution >= 4 is 10.0 Å². The van der Waals surface area contributed by atoms with Gasteiger partial charge in [-0.1, -0.05) is 6.07 Å². The molecule has 1 saturated heterocycles. The highest BCUT2D eigenvalue weighted by molar-refractivity contribution is 7.89. The van der Waals surface area contributed by atoms with Crippen LogP contribution < -0.4 is 4.90 Å². The molecule has 1 aromatic carbocycles. The number of rotatable bonds is 5. The number of nitrogens with one attached hydrogen (secondary N) is 1. The van der Waals surface area contributed by atoms with Gasteiger partial charge in [-0.3, -0.25) is 0 Å². The van der Waals surface area contributed by atoms with Crippen LogP contribution in [0.2, 0.25) is 0 Å². The van der Waals surface area contributed by atoms with Crippen molar-refractivity contribution in [3.05, 3.63) is 29.3 Å². The number of nitrogens with zero attached hydrogens (tertiary/aromatic N) is 2. The summed E-state index contributed by atoms with van der Waals surface area (Å²) in [5.41, 5.74) is 2.50. The van der Waals surface area contributed by atoms with Crippen LogP contribution in [0.1, 0.15) is 30.4 Å². The number of benzene rings is 1. The van der Waals surface area contributed by atoms with Gasteiger partial charge in [0.05, 0.1) is 43.7 Å². The summed E-state index contributed by atoms with van der Waals surface area (Å²) in [5.74, 6) is 0. The van der Waals surface area contributed by atoms with E-state index in [-0.39, 0.29) is 0 Å². The minimum atomic E-state index is -3.36. The molecule has 124 valence electrons. The summed E-state index contributed by atoms with van der Waals surface area (Å²) < 4.78 is 27.3. The second-order valence-electron chi connectivity index (χ2n) is 6.45. The maximum Gasteiger partial charge on any atom is 0.243 e. The Labute approximate surface area is 138 Å². The zero-order chi connectivity index (χ0) is 16.3. The molecule has 1 fully saturated rings. The van der Waals surface area contributed by atoms with Gasteiger partial charge in [-0.05, 0) is 42.5 Å². The van der Waals surface area contributed by atoms with Crippen molar-refractivity contribution in [3.8, 4) is 6.07 Å². The summed E-state index contributed by atoms with van der Waals surface area (Å²) in [6.07, 6.45) is 4.67. The summed E-state index contributed by atoms with van der Waals surface area (Å²) in [6.45, 7) is 3.76. The van der Waals surface area contributed by atoms with E-state index in [9.17, 15) is 8.42 Å². The minimum Gasteiger partial charge on any atom is -0.333 e. The smallest absolute Gasteiger partial charge is 0.243 e. The fourth-order valence-corrected chi connectivity index (χ4v) is 5.06. The third-order valence-corrected chi connectivity index (χ3v) is 6.85. The molecule has 0 saturated carbocycles. The SMILES string of the molecule is N#CCCC[NH+]1CCN(S(=O)(=O)c2ccc3c(c2)CCC3)CC1. The molecule has 23 heavy (non-hydrogen) atoms. The number of quaternary nitrogens is 1. The molecule has 5 nitrogen and oxygen atoms in total. The first-order valence-corrected chi connectivity index (χ1v) is 9.88. The van der Waals surface area contributed by atoms with Crippen LogP contribution in [0.5, 0.6) is 0 Å². The number of piperazine rings is 1. The Hall–Kier alpha value is -1.42. The van der Waals surface area contributed by atoms with Crippen LogP contribution >= 0.6 is 0 Å². The molecule has 0 aromatic heterocycles. The normalized spacial score (nSPS) is 19.4. The van der Waals surface area contributed by atoms with E-state index in [1.165, 1.54) is 16.0 Å². The Kier molecular flexibility index (Phi) is 5.00. The van der Waals surface area contributed by atoms with E-state index in [0.29, 0.717) is 24.4 Å². The summed E-state index contributed by atoms with van der Waals surface area (Å²) in [6, 6.07) is 7.80. The highest BCUT2D eigenvalue weighted by atomic mass is 32.2. The third kappa shape index (κ3) is 3.57. The van der Waals surface area contributed by atoms with Crippen molar-refractivity contribution in [2.75, 3.05) is 32.7 Å². The third-order valence-electron chi connectivity index (χ3n) is 4.96. The van der Waals surface area contributed by atoms with Gasteiger partial charge >= 0.3 is 0 Å². The predicted molar refractivity (Wildman–Crippen MR) is 87.6 cm³/mol. The van der Waals surface area contributed by atoms with Crippen LogP contribution in [0.15, 0.2) is 23.1 Å². The molecular formula is C17H24N3O2S+. The monoisotopic (exact) mass is 334 g/mol. The Bertz CT molecular complexity index is 701. The summed E-state index contributed by atoms with van der Waals surface area (Å²) in [7, 11) is -3.36. The molecule has 1 aromatic rings. The molecule has 3 rings (SSSR count). The molecule has 6 heteroatoms. The number of nitriles is 1. The van der Waals surface area contributed by atoms with Gasteiger partial charge in [0.25, 0.3) is 0 Å². The van der Waals surface area contributed by atoms with E-state index >= 15 is 0 Å². The Morgan fingerprint density at radius 3 is 2.65 bits per heavy atom. The molecule has 0 spiro atoms. The lowest BCUT2D eigenvalue weighted by Gasteiger charge is -2.31. The molecule has 1 heterocycles. The summed E-state index contributed by atoms with van der Waals surface area (Å²) in [5, 5.41) is 8.59. The molecule has 1 aliphatic carbocycles. The van der Waals surface area contributed by atoms with Gasteiger partial charge in [0.1, 0.15) is 0 Å². The van der Waals surface area contributed by atoms with E-state index in [4.69, 9.17) is 5.26 Å². The van der Waals surface area contributed by atoms with Crippen molar-refractivity contribution in [2.24, 2.45) is 0 Å². The standard InChI is InChI=1S/C17H23N3O2S/c18-8-1-2-9-19-10-12-20(13-11-19)23(21,22)17-7-6-15-4-3-5-16(15)14-17/h6-7,14H,1-5,9-13H2/p+1. The maximum atomic E-state index is 12.8. The zero-order valence-corrected chi connectivity index (χ0v) is 14.2. The van der Waals surface area contributed by atoms with Crippen molar-refractivity contribution in [3.63, 3.8) is 0 Å². The molecular weight excluding hydrogens is 310 g/mol. The molecule has 0 atom stereocenters. The van der Waals surface area contributed by atoms with Crippen molar-refractivity contribution in [2.45, 2.75) is 37.0 Å². The number of unbranched alkanes of at least 4 members (excludes halogenated alkanes) is 1. The van der Waals surface area contributed by atoms with Crippen molar-refractivity contribution < 1.29 is 13.3 Å². The second-order valence-corrected chi connectivity index (χ2v) is 8.39. The van der Waals surface area contributed by atoms with Crippen LogP contribution in [-0.2, 0) is 22.9 Å². The van der Waals surface area contributed by atoms with Crippen molar-refractivity contribution in [1.82, 2.24) is 4.31 Å². The molecule has 0 radical (unpaired) electrons. The van der Waals surface area contributed by atoms with Crippen molar-refractivity contribution in [1.29, 1.82) is 5.26 Å². The van der Waals surface area contributed by atoms with Gasteiger partial charge in [0.15, 0.2) is 0 Å². The molecule has 0 bridgehead atoms. The van der Waals surface area contributed by atoms with E-state index in [1.807, 2.05) is 12.1 Å². The number of sulfonamides is 1. The number of aryl methyl sites for hydroxylation is 2. The number of hydrogen-bond acceptors (Lipinski definition) is 3. The van der Waals surface area contributed by atoms with Crippen LogP contribution in [0, 0.1) is 11.3 Å². The number of fused-ring (bicyclic) bond motifs is 1. The lowest BCUT2D eigenvalue weighted by atomic mass is 10.1. The summed E-state index contributed by atoms with van der Waals surface area (Å²) >= 11 is 0. The highest BCUT2D eigenvalue weighted by Gasteiger charge is 2.30. The van der Waals surface area contributed by atoms with Gasteiger partial charge in [-0.15, -0.1) is 0 Å². The quantitative estimate of drug-likeness (QED) is 0.791. The first kappa shape index (κ1) is 16.4. The fourth-order valence-electron chi connectivity index (χ4n) is 3.57. The Morgan fingerprint density at radius 1 is 1.17 bits per heavy atom. The molecule has 0 amide bonds. The summed E-state index contributed by atoms with van der Waals surface area (Å²) in [4.78, 5) is 1.85. The topological polar surface area (TPSA) is 65.6 Å². The largest absolute Gasteiger partial charge is 0.333 e. The van der Waals surface area contributed by atoms with E-state index in [0.717, 1.165) is 45.3 Å². The number of hydrogen-bond donors (Lipinski definition) is 1. The van der Waals surface area contributed by atoms with Crippen LogP contribution in [0.4, 0.5) is 0 Å². The van der Waals surface area contributed by atoms with Crippen LogP contribution in [0.25, 0.3) is 0 Å². The molecule has 1 aliphatic heterocycles. The van der Waals surface area contributed by atoms with Gasteiger partial charge in [-0.2, -0.15) is 9.57 Å². The lowest BCUT2D eigenvalue weighted by Crippen LogP contribution is -3.14. The van der Waals surface area contributed by atoms with Gasteiger partial charge in [0.2, 0.25) is 10.0 Å². The average molecular weight is 334 g/mol. The average Bonchev–Trinajstić information content (AvgIpc) is 3.03. The first-order valence-electron chi connectivity index (χ1n) is 8.44. The maximum absolute atomic E-state index is 12.8. The van der Waals surface area contributed by atoms with E-state index in [2.05, 4.69) is 6.07 Å². The molecule has 0 unspecified atom stereocenters. The fraction of sp³-hybridized carbons (Fsp3) is 0.588. The second kappa shape index (κ2) is 7.00. The Balaban J connectivity index is 1.64. The Morgan fingerprint density at radius 2 is 1.91 bits per heavy atom. The predicted octanol–water partition coefficient (Wildman–Crippen LogP) is 0.368.